The second-order valence-electron chi connectivity index (χ2n) is 9.36. The van der Waals surface area contributed by atoms with Gasteiger partial charge in [-0.25, -0.2) is 9.36 Å². The SMILES string of the molecule is [2H]c1cn([C@@H]2O[C@H](C([2H])([2H])O[P@@](=O)(N[C@@H](C)C(=O)OC(C)C)Oc3ccccc3)[C@@H](C)[C@@]2(C)OC(C)=O)c(=O)[nH]c1=O. The quantitative estimate of drug-likeness (QED) is 0.301. The molecule has 1 aliphatic rings. The van der Waals surface area contributed by atoms with Gasteiger partial charge in [-0.05, 0) is 39.8 Å². The molecule has 2 aromatic rings. The van der Waals surface area contributed by atoms with Crippen LogP contribution in [0.3, 0.4) is 0 Å². The Kier molecular flexibility index (Phi) is 8.19. The van der Waals surface area contributed by atoms with Gasteiger partial charge in [0.1, 0.15) is 11.8 Å². The molecule has 13 nitrogen and oxygen atoms in total. The molecule has 1 aliphatic heterocycles. The number of ether oxygens (including phenoxy) is 3. The van der Waals surface area contributed by atoms with E-state index < -0.39 is 79.5 Å². The van der Waals surface area contributed by atoms with Crippen LogP contribution in [0, 0.1) is 5.92 Å². The molecule has 1 aromatic carbocycles. The monoisotopic (exact) mass is 570 g/mol. The van der Waals surface area contributed by atoms with Crippen molar-refractivity contribution in [3.63, 3.8) is 0 Å². The summed E-state index contributed by atoms with van der Waals surface area (Å²) in [5.74, 6) is -2.65. The highest BCUT2D eigenvalue weighted by molar-refractivity contribution is 7.52. The van der Waals surface area contributed by atoms with Crippen LogP contribution in [-0.4, -0.2) is 51.9 Å². The Hall–Kier alpha value is -3.25. The van der Waals surface area contributed by atoms with Gasteiger partial charge >= 0.3 is 25.4 Å². The predicted molar refractivity (Wildman–Crippen MR) is 139 cm³/mol. The second kappa shape index (κ2) is 12.3. The summed E-state index contributed by atoms with van der Waals surface area (Å²) in [4.78, 5) is 51.0. The average molecular weight is 571 g/mol. The van der Waals surface area contributed by atoms with E-state index in [4.69, 9.17) is 27.4 Å². The molecule has 0 spiro atoms. The van der Waals surface area contributed by atoms with E-state index in [9.17, 15) is 23.7 Å². The third kappa shape index (κ3) is 7.45. The number of nitrogens with one attached hydrogen (secondary N) is 2. The Morgan fingerprint density at radius 1 is 1.28 bits per heavy atom. The summed E-state index contributed by atoms with van der Waals surface area (Å²) in [6, 6.07) is 5.82. The van der Waals surface area contributed by atoms with Gasteiger partial charge in [-0.1, -0.05) is 25.1 Å². The zero-order chi connectivity index (χ0) is 31.6. The van der Waals surface area contributed by atoms with E-state index in [1.807, 2.05) is 4.98 Å². The van der Waals surface area contributed by atoms with Crippen LogP contribution in [0.15, 0.2) is 52.2 Å². The molecular weight excluding hydrogens is 533 g/mol. The molecule has 1 fully saturated rings. The molecule has 1 saturated heterocycles. The Morgan fingerprint density at radius 3 is 2.56 bits per heavy atom. The van der Waals surface area contributed by atoms with Gasteiger partial charge in [-0.15, -0.1) is 0 Å². The zero-order valence-corrected chi connectivity index (χ0v) is 23.2. The first-order chi connectivity index (χ1) is 19.4. The number of aromatic nitrogens is 2. The molecule has 0 radical (unpaired) electrons. The van der Waals surface area contributed by atoms with Crippen molar-refractivity contribution in [2.75, 3.05) is 6.56 Å². The normalized spacial score (nSPS) is 26.5. The first kappa shape index (κ1) is 26.0. The summed E-state index contributed by atoms with van der Waals surface area (Å²) in [5.41, 5.74) is -3.72. The van der Waals surface area contributed by atoms with Crippen molar-refractivity contribution in [2.45, 2.75) is 71.6 Å². The lowest BCUT2D eigenvalue weighted by Crippen LogP contribution is -2.46. The highest BCUT2D eigenvalue weighted by Crippen LogP contribution is 2.49. The minimum Gasteiger partial charge on any atom is -0.462 e. The Morgan fingerprint density at radius 2 is 1.95 bits per heavy atom. The third-order valence-corrected chi connectivity index (χ3v) is 7.35. The number of benzene rings is 1. The molecule has 3 rings (SSSR count). The molecule has 0 bridgehead atoms. The zero-order valence-electron chi connectivity index (χ0n) is 25.3. The van der Waals surface area contributed by atoms with Crippen LogP contribution in [0.4, 0.5) is 0 Å². The maximum Gasteiger partial charge on any atom is 0.459 e. The lowest BCUT2D eigenvalue weighted by molar-refractivity contribution is -0.171. The standard InChI is InChI=1S/C25H34N3O10P/c1-15(2)35-22(31)17(4)27-39(33,38-19-10-8-7-9-11-19)34-14-20-16(3)25(6,37-18(5)29)23(36-20)28-13-12-21(30)26-24(28)32/h7-13,15-17,20,23H,14H2,1-6H3,(H,27,33)(H,26,30,32)/t16-,17+,20-,23-,25-,39+/m1/s1/i12D,14D2. The van der Waals surface area contributed by atoms with Crippen molar-refractivity contribution in [1.82, 2.24) is 14.6 Å². The highest BCUT2D eigenvalue weighted by Gasteiger charge is 2.56. The largest absolute Gasteiger partial charge is 0.462 e. The highest BCUT2D eigenvalue weighted by atomic mass is 31.2. The molecule has 1 aromatic heterocycles. The smallest absolute Gasteiger partial charge is 0.459 e. The summed E-state index contributed by atoms with van der Waals surface area (Å²) >= 11 is 0. The molecule has 2 N–H and O–H groups in total. The number of carbonyl (C=O) groups excluding carboxylic acids is 2. The fourth-order valence-corrected chi connectivity index (χ4v) is 5.20. The van der Waals surface area contributed by atoms with Crippen LogP contribution in [0.2, 0.25) is 0 Å². The number of carbonyl (C=O) groups is 2. The van der Waals surface area contributed by atoms with E-state index in [2.05, 4.69) is 5.09 Å². The second-order valence-corrected chi connectivity index (χ2v) is 11.0. The number of para-hydroxylation sites is 1. The Labute approximate surface area is 229 Å². The van der Waals surface area contributed by atoms with Gasteiger partial charge in [0, 0.05) is 25.1 Å². The van der Waals surface area contributed by atoms with Gasteiger partial charge < -0.3 is 18.7 Å². The topological polar surface area (TPSA) is 164 Å². The molecule has 0 saturated carbocycles. The summed E-state index contributed by atoms with van der Waals surface area (Å²) in [5, 5.41) is 2.40. The summed E-state index contributed by atoms with van der Waals surface area (Å²) in [6.45, 7) is 5.51. The van der Waals surface area contributed by atoms with Gasteiger partial charge in [-0.2, -0.15) is 5.09 Å². The van der Waals surface area contributed by atoms with E-state index >= 15 is 0 Å². The van der Waals surface area contributed by atoms with Crippen molar-refractivity contribution in [1.29, 1.82) is 0 Å². The number of H-pyrrole nitrogens is 1. The number of aromatic amines is 1. The van der Waals surface area contributed by atoms with Crippen molar-refractivity contribution >= 4 is 19.7 Å². The lowest BCUT2D eigenvalue weighted by Gasteiger charge is -2.33. The van der Waals surface area contributed by atoms with Crippen LogP contribution in [-0.2, 0) is 32.9 Å². The van der Waals surface area contributed by atoms with Gasteiger partial charge in [0.25, 0.3) is 5.56 Å². The summed E-state index contributed by atoms with van der Waals surface area (Å²) in [6.07, 6.45) is -2.85. The molecule has 39 heavy (non-hydrogen) atoms. The van der Waals surface area contributed by atoms with E-state index in [1.165, 1.54) is 32.9 Å². The predicted octanol–water partition coefficient (Wildman–Crippen LogP) is 2.53. The fourth-order valence-electron chi connectivity index (χ4n) is 3.84. The van der Waals surface area contributed by atoms with Gasteiger partial charge in [-0.3, -0.25) is 28.5 Å². The van der Waals surface area contributed by atoms with Crippen molar-refractivity contribution in [3.05, 3.63) is 63.4 Å². The van der Waals surface area contributed by atoms with Crippen LogP contribution >= 0.6 is 7.75 Å². The molecular formula is C25H34N3O10P. The Bertz CT molecular complexity index is 1470. The van der Waals surface area contributed by atoms with E-state index in [0.717, 1.165) is 17.7 Å². The molecule has 14 heteroatoms. The number of esters is 2. The van der Waals surface area contributed by atoms with Gasteiger partial charge in [0.05, 0.1) is 22.9 Å². The van der Waals surface area contributed by atoms with Crippen molar-refractivity contribution < 1.29 is 41.5 Å². The number of hydrogen-bond acceptors (Lipinski definition) is 10. The molecule has 214 valence electrons. The molecule has 0 aliphatic carbocycles. The van der Waals surface area contributed by atoms with Gasteiger partial charge in [0.15, 0.2) is 11.8 Å². The van der Waals surface area contributed by atoms with Crippen molar-refractivity contribution in [2.24, 2.45) is 5.92 Å². The summed E-state index contributed by atoms with van der Waals surface area (Å²) < 4.78 is 67.7. The maximum absolute atomic E-state index is 14.0. The number of rotatable bonds is 11. The molecule has 6 atom stereocenters. The lowest BCUT2D eigenvalue weighted by atomic mass is 9.87. The Balaban J connectivity index is 2.02. The minimum atomic E-state index is -4.74. The first-order valence-corrected chi connectivity index (χ1v) is 13.6. The van der Waals surface area contributed by atoms with Crippen LogP contribution in [0.5, 0.6) is 5.75 Å². The number of hydrogen-bond donors (Lipinski definition) is 2. The van der Waals surface area contributed by atoms with Crippen LogP contribution in [0.1, 0.15) is 51.9 Å². The first-order valence-electron chi connectivity index (χ1n) is 13.6. The maximum atomic E-state index is 14.0. The van der Waals surface area contributed by atoms with E-state index in [-0.39, 0.29) is 5.75 Å². The van der Waals surface area contributed by atoms with Crippen LogP contribution < -0.4 is 20.9 Å². The average Bonchev–Trinajstić information content (AvgIpc) is 3.11. The molecule has 0 unspecified atom stereocenters. The van der Waals surface area contributed by atoms with Gasteiger partial charge in [0.2, 0.25) is 0 Å². The molecule has 2 heterocycles. The number of nitrogens with zero attached hydrogens (tertiary/aromatic N) is 1. The van der Waals surface area contributed by atoms with E-state index in [1.54, 1.807) is 32.0 Å². The molecule has 0 amide bonds. The minimum absolute atomic E-state index is 0.0272. The third-order valence-electron chi connectivity index (χ3n) is 5.85. The van der Waals surface area contributed by atoms with E-state index in [0.29, 0.717) is 0 Å². The van der Waals surface area contributed by atoms with Crippen LogP contribution in [0.25, 0.3) is 0 Å². The summed E-state index contributed by atoms with van der Waals surface area (Å²) in [7, 11) is -4.74. The fraction of sp³-hybridized carbons (Fsp3) is 0.520. The van der Waals surface area contributed by atoms with Crippen molar-refractivity contribution in [3.8, 4) is 5.75 Å².